The standard InChI is InChI=1S/C28H31N3O11S2/c1-13(32)40-11-28(4)20(30-15(33)10-16(30)43-28)26(39)42-12-41-25(38)19-27(2,3)44-23-18(22(35)31(19)23)29-21(34)17(24(36)37)14-8-6-5-7-9-14/h5-9,16-20,23H,10-12H2,1-4H3,(H,29,34)(H,36,37)/t16-,17?,18+,19-,20-,23+,28-/m0/s1. The van der Waals surface area contributed by atoms with Gasteiger partial charge in [0.1, 0.15) is 30.1 Å². The number of carbonyl (C=O) groups excluding carboxylic acids is 6. The molecule has 0 bridgehead atoms. The molecular formula is C28H31N3O11S2. The van der Waals surface area contributed by atoms with Gasteiger partial charge < -0.3 is 34.4 Å². The second-order valence-electron chi connectivity index (χ2n) is 11.5. The van der Waals surface area contributed by atoms with Gasteiger partial charge in [-0.15, -0.1) is 23.5 Å². The Morgan fingerprint density at radius 3 is 2.20 bits per heavy atom. The third-order valence-corrected chi connectivity index (χ3v) is 11.1. The first-order valence-electron chi connectivity index (χ1n) is 13.7. The molecule has 7 atom stereocenters. The predicted molar refractivity (Wildman–Crippen MR) is 154 cm³/mol. The zero-order valence-electron chi connectivity index (χ0n) is 24.2. The topological polar surface area (TPSA) is 186 Å². The molecule has 14 nitrogen and oxygen atoms in total. The maximum atomic E-state index is 13.2. The van der Waals surface area contributed by atoms with Gasteiger partial charge in [0.05, 0.1) is 16.5 Å². The third kappa shape index (κ3) is 5.49. The highest BCUT2D eigenvalue weighted by atomic mass is 32.2. The molecular weight excluding hydrogens is 618 g/mol. The van der Waals surface area contributed by atoms with E-state index in [9.17, 15) is 38.7 Å². The number of aliphatic carboxylic acids is 1. The van der Waals surface area contributed by atoms with Crippen molar-refractivity contribution in [2.45, 2.75) is 78.4 Å². The average molecular weight is 650 g/mol. The molecule has 3 amide bonds. The number of rotatable bonds is 10. The van der Waals surface area contributed by atoms with Crippen LogP contribution in [0.15, 0.2) is 30.3 Å². The first kappa shape index (κ1) is 31.6. The van der Waals surface area contributed by atoms with E-state index in [0.29, 0.717) is 0 Å². The van der Waals surface area contributed by atoms with Crippen molar-refractivity contribution < 1.29 is 52.9 Å². The number of thioether (sulfide) groups is 2. The average Bonchev–Trinajstić information content (AvgIpc) is 3.35. The van der Waals surface area contributed by atoms with E-state index in [-0.39, 0.29) is 29.9 Å². The first-order valence-corrected chi connectivity index (χ1v) is 15.5. The summed E-state index contributed by atoms with van der Waals surface area (Å²) < 4.78 is 13.8. The summed E-state index contributed by atoms with van der Waals surface area (Å²) in [6, 6.07) is 4.70. The Morgan fingerprint density at radius 2 is 1.61 bits per heavy atom. The molecule has 0 aromatic heterocycles. The lowest BCUT2D eigenvalue weighted by molar-refractivity contribution is -0.182. The highest BCUT2D eigenvalue weighted by Crippen LogP contribution is 2.52. The van der Waals surface area contributed by atoms with E-state index in [0.717, 1.165) is 0 Å². The quantitative estimate of drug-likeness (QED) is 0.154. The molecule has 0 radical (unpaired) electrons. The van der Waals surface area contributed by atoms with Crippen LogP contribution in [0.2, 0.25) is 0 Å². The number of fused-ring (bicyclic) bond motifs is 2. The molecule has 1 aromatic rings. The van der Waals surface area contributed by atoms with Crippen LogP contribution >= 0.6 is 23.5 Å². The van der Waals surface area contributed by atoms with Gasteiger partial charge in [0.25, 0.3) is 0 Å². The molecule has 236 valence electrons. The molecule has 0 saturated carbocycles. The summed E-state index contributed by atoms with van der Waals surface area (Å²) in [4.78, 5) is 90.5. The summed E-state index contributed by atoms with van der Waals surface area (Å²) in [5, 5.41) is 11.3. The van der Waals surface area contributed by atoms with E-state index >= 15 is 0 Å². The molecule has 44 heavy (non-hydrogen) atoms. The minimum atomic E-state index is -1.52. The van der Waals surface area contributed by atoms with Crippen molar-refractivity contribution in [3.8, 4) is 0 Å². The van der Waals surface area contributed by atoms with Crippen LogP contribution in [-0.4, -0.2) is 108 Å². The molecule has 0 aliphatic carbocycles. The number of β-lactam (4-membered cyclic amide) rings is 2. The monoisotopic (exact) mass is 649 g/mol. The summed E-state index contributed by atoms with van der Waals surface area (Å²) in [6.07, 6.45) is 0.239. The van der Waals surface area contributed by atoms with Crippen molar-refractivity contribution in [1.29, 1.82) is 0 Å². The van der Waals surface area contributed by atoms with Gasteiger partial charge in [0.15, 0.2) is 5.92 Å². The van der Waals surface area contributed by atoms with Crippen LogP contribution in [0.5, 0.6) is 0 Å². The number of hydrogen-bond donors (Lipinski definition) is 2. The second-order valence-corrected chi connectivity index (χ2v) is 15.0. The van der Waals surface area contributed by atoms with Crippen molar-refractivity contribution in [2.75, 3.05) is 13.4 Å². The van der Waals surface area contributed by atoms with Crippen LogP contribution in [0.4, 0.5) is 0 Å². The van der Waals surface area contributed by atoms with E-state index in [1.165, 1.54) is 52.4 Å². The van der Waals surface area contributed by atoms with Crippen molar-refractivity contribution in [3.05, 3.63) is 35.9 Å². The number of nitrogens with zero attached hydrogens (tertiary/aromatic N) is 2. The Morgan fingerprint density at radius 1 is 0.977 bits per heavy atom. The normalized spacial score (nSPS) is 30.2. The highest BCUT2D eigenvalue weighted by molar-refractivity contribution is 8.02. The molecule has 2 N–H and O–H groups in total. The van der Waals surface area contributed by atoms with E-state index < -0.39 is 81.4 Å². The number of carboxylic acids is 1. The lowest BCUT2D eigenvalue weighted by atomic mass is 9.94. The van der Waals surface area contributed by atoms with Crippen LogP contribution in [0.3, 0.4) is 0 Å². The number of carboxylic acid groups (broad SMARTS) is 1. The maximum absolute atomic E-state index is 13.2. The molecule has 1 aromatic carbocycles. The summed E-state index contributed by atoms with van der Waals surface area (Å²) in [5.74, 6) is -6.79. The molecule has 5 rings (SSSR count). The largest absolute Gasteiger partial charge is 0.480 e. The van der Waals surface area contributed by atoms with Crippen LogP contribution < -0.4 is 5.32 Å². The van der Waals surface area contributed by atoms with Crippen LogP contribution in [0, 0.1) is 0 Å². The lowest BCUT2D eigenvalue weighted by Gasteiger charge is -2.44. The molecule has 16 heteroatoms. The summed E-state index contributed by atoms with van der Waals surface area (Å²) in [5.41, 5.74) is 0.258. The van der Waals surface area contributed by atoms with Gasteiger partial charge in [-0.05, 0) is 26.3 Å². The van der Waals surface area contributed by atoms with Gasteiger partial charge in [-0.2, -0.15) is 0 Å². The SMILES string of the molecule is CC(=O)OC[C@]1(C)S[C@H]2CC(=O)N2[C@H]1C(=O)OCOC(=O)[C@@H]1N2C(=O)[C@@H](NC(=O)C(C(=O)O)c3ccccc3)[C@H]2SC1(C)C. The maximum Gasteiger partial charge on any atom is 0.333 e. The molecule has 4 saturated heterocycles. The first-order chi connectivity index (χ1) is 20.7. The van der Waals surface area contributed by atoms with Gasteiger partial charge in [-0.25, -0.2) is 9.59 Å². The van der Waals surface area contributed by atoms with Crippen molar-refractivity contribution >= 4 is 65.1 Å². The number of esters is 3. The molecule has 4 aliphatic rings. The van der Waals surface area contributed by atoms with Gasteiger partial charge in [-0.1, -0.05) is 30.3 Å². The molecule has 4 fully saturated rings. The number of ether oxygens (including phenoxy) is 3. The molecule has 4 aliphatic heterocycles. The zero-order valence-corrected chi connectivity index (χ0v) is 25.8. The predicted octanol–water partition coefficient (Wildman–Crippen LogP) is 0.441. The van der Waals surface area contributed by atoms with Gasteiger partial charge in [0, 0.05) is 11.7 Å². The number of amides is 3. The summed E-state index contributed by atoms with van der Waals surface area (Å²) in [6.45, 7) is 5.45. The van der Waals surface area contributed by atoms with Crippen molar-refractivity contribution in [3.63, 3.8) is 0 Å². The second kappa shape index (κ2) is 11.6. The van der Waals surface area contributed by atoms with E-state index in [4.69, 9.17) is 14.2 Å². The van der Waals surface area contributed by atoms with Crippen molar-refractivity contribution in [2.24, 2.45) is 0 Å². The molecule has 4 heterocycles. The number of nitrogens with one attached hydrogen (secondary N) is 1. The smallest absolute Gasteiger partial charge is 0.333 e. The number of benzene rings is 1. The summed E-state index contributed by atoms with van der Waals surface area (Å²) >= 11 is 2.58. The van der Waals surface area contributed by atoms with Gasteiger partial charge >= 0.3 is 23.9 Å². The number of hydrogen-bond acceptors (Lipinski definition) is 12. The van der Waals surface area contributed by atoms with Gasteiger partial charge in [0.2, 0.25) is 24.5 Å². The minimum Gasteiger partial charge on any atom is -0.480 e. The van der Waals surface area contributed by atoms with E-state index in [2.05, 4.69) is 5.32 Å². The van der Waals surface area contributed by atoms with E-state index in [1.807, 2.05) is 0 Å². The fourth-order valence-corrected chi connectivity index (χ4v) is 9.21. The van der Waals surface area contributed by atoms with Crippen LogP contribution in [0.1, 0.15) is 45.6 Å². The molecule has 0 spiro atoms. The Kier molecular flexibility index (Phi) is 8.35. The Labute approximate surface area is 260 Å². The fourth-order valence-electron chi connectivity index (χ4n) is 5.92. The van der Waals surface area contributed by atoms with Crippen LogP contribution in [-0.2, 0) is 47.8 Å². The lowest BCUT2D eigenvalue weighted by Crippen LogP contribution is -2.71. The van der Waals surface area contributed by atoms with Crippen molar-refractivity contribution in [1.82, 2.24) is 15.1 Å². The fraction of sp³-hybridized carbons (Fsp3) is 0.536. The van der Waals surface area contributed by atoms with E-state index in [1.54, 1.807) is 39.0 Å². The zero-order chi connectivity index (χ0) is 32.1. The Balaban J connectivity index is 1.20. The summed E-state index contributed by atoms with van der Waals surface area (Å²) in [7, 11) is 0. The Bertz CT molecular complexity index is 1420. The Hall–Kier alpha value is -3.79. The highest BCUT2D eigenvalue weighted by Gasteiger charge is 2.65. The molecule has 1 unspecified atom stereocenters. The minimum absolute atomic E-state index is 0.130. The number of carbonyl (C=O) groups is 7. The third-order valence-electron chi connectivity index (χ3n) is 8.00. The van der Waals surface area contributed by atoms with Gasteiger partial charge in [-0.3, -0.25) is 24.0 Å². The van der Waals surface area contributed by atoms with Crippen LogP contribution in [0.25, 0.3) is 0 Å².